The van der Waals surface area contributed by atoms with Crippen molar-refractivity contribution in [1.82, 2.24) is 15.2 Å². The van der Waals surface area contributed by atoms with E-state index >= 15 is 0 Å². The lowest BCUT2D eigenvalue weighted by atomic mass is 9.87. The fourth-order valence-corrected chi connectivity index (χ4v) is 3.32. The zero-order valence-corrected chi connectivity index (χ0v) is 16.9. The van der Waals surface area contributed by atoms with Crippen LogP contribution in [0.3, 0.4) is 0 Å². The largest absolute Gasteiger partial charge is 0.439 e. The topological polar surface area (TPSA) is 67.6 Å². The van der Waals surface area contributed by atoms with Gasteiger partial charge in [-0.1, -0.05) is 26.8 Å². The quantitative estimate of drug-likeness (QED) is 0.842. The molecule has 0 saturated carbocycles. The molecule has 1 saturated heterocycles. The molecule has 1 N–H and O–H groups in total. The summed E-state index contributed by atoms with van der Waals surface area (Å²) in [4.78, 5) is 19.1. The molecule has 1 aromatic carbocycles. The number of hydrogen-bond donors (Lipinski definition) is 1. The number of morpholine rings is 1. The third-order valence-corrected chi connectivity index (χ3v) is 5.19. The van der Waals surface area contributed by atoms with Crippen molar-refractivity contribution in [2.75, 3.05) is 26.3 Å². The van der Waals surface area contributed by atoms with Crippen LogP contribution in [0.1, 0.15) is 52.0 Å². The van der Waals surface area contributed by atoms with Crippen LogP contribution in [0.4, 0.5) is 0 Å². The highest BCUT2D eigenvalue weighted by Crippen LogP contribution is 2.26. The lowest BCUT2D eigenvalue weighted by Gasteiger charge is -2.32. The van der Waals surface area contributed by atoms with Crippen LogP contribution in [0, 0.1) is 0 Å². The number of amides is 1. The number of hydrogen-bond acceptors (Lipinski definition) is 5. The first-order chi connectivity index (χ1) is 12.8. The standard InChI is InChI=1S/C21H31N3O3/c1-15(24-9-11-26-12-10-24)5-8-19(25)22-14-20-23-17-13-16(21(2,3)4)6-7-18(17)27-20/h6-7,13,15H,5,8-12,14H2,1-4H3,(H,22,25)/t15-/m1/s1. The molecule has 1 amide bonds. The molecule has 6 heteroatoms. The maximum atomic E-state index is 12.2. The second-order valence-electron chi connectivity index (χ2n) is 8.35. The molecule has 3 rings (SSSR count). The number of rotatable bonds is 6. The normalized spacial score (nSPS) is 17.2. The predicted molar refractivity (Wildman–Crippen MR) is 106 cm³/mol. The average Bonchev–Trinajstić information content (AvgIpc) is 3.06. The summed E-state index contributed by atoms with van der Waals surface area (Å²) >= 11 is 0. The number of carbonyl (C=O) groups is 1. The molecule has 1 aromatic heterocycles. The molecule has 1 fully saturated rings. The fourth-order valence-electron chi connectivity index (χ4n) is 3.32. The number of benzene rings is 1. The Labute approximate surface area is 161 Å². The number of carbonyl (C=O) groups excluding carboxylic acids is 1. The van der Waals surface area contributed by atoms with Gasteiger partial charge in [-0.15, -0.1) is 0 Å². The lowest BCUT2D eigenvalue weighted by Crippen LogP contribution is -2.42. The number of oxazole rings is 1. The van der Waals surface area contributed by atoms with Crippen LogP contribution in [0.15, 0.2) is 22.6 Å². The van der Waals surface area contributed by atoms with Gasteiger partial charge in [0.2, 0.25) is 11.8 Å². The van der Waals surface area contributed by atoms with Crippen LogP contribution < -0.4 is 5.32 Å². The van der Waals surface area contributed by atoms with E-state index in [0.29, 0.717) is 24.9 Å². The highest BCUT2D eigenvalue weighted by molar-refractivity contribution is 5.76. The van der Waals surface area contributed by atoms with Gasteiger partial charge in [-0.25, -0.2) is 4.98 Å². The number of ether oxygens (including phenoxy) is 1. The average molecular weight is 373 g/mol. The van der Waals surface area contributed by atoms with E-state index in [4.69, 9.17) is 9.15 Å². The van der Waals surface area contributed by atoms with Crippen molar-refractivity contribution in [1.29, 1.82) is 0 Å². The van der Waals surface area contributed by atoms with Crippen LogP contribution >= 0.6 is 0 Å². The predicted octanol–water partition coefficient (Wildman–Crippen LogP) is 3.24. The minimum Gasteiger partial charge on any atom is -0.439 e. The second-order valence-corrected chi connectivity index (χ2v) is 8.35. The van der Waals surface area contributed by atoms with Gasteiger partial charge < -0.3 is 14.5 Å². The first kappa shape index (κ1) is 19.8. The first-order valence-electron chi connectivity index (χ1n) is 9.81. The summed E-state index contributed by atoms with van der Waals surface area (Å²) < 4.78 is 11.1. The van der Waals surface area contributed by atoms with Gasteiger partial charge in [0.25, 0.3) is 0 Å². The van der Waals surface area contributed by atoms with E-state index in [1.165, 1.54) is 5.56 Å². The summed E-state index contributed by atoms with van der Waals surface area (Å²) in [5.41, 5.74) is 2.88. The molecular formula is C21H31N3O3. The molecule has 1 aliphatic heterocycles. The Bertz CT molecular complexity index is 773. The summed E-state index contributed by atoms with van der Waals surface area (Å²) in [6.45, 7) is 12.5. The van der Waals surface area contributed by atoms with Gasteiger partial charge in [0.05, 0.1) is 19.8 Å². The van der Waals surface area contributed by atoms with E-state index < -0.39 is 0 Å². The Hall–Kier alpha value is -1.92. The fraction of sp³-hybridized carbons (Fsp3) is 0.619. The molecule has 2 heterocycles. The number of fused-ring (bicyclic) bond motifs is 1. The maximum Gasteiger partial charge on any atom is 0.220 e. The van der Waals surface area contributed by atoms with Crippen molar-refractivity contribution in [2.45, 2.75) is 58.5 Å². The molecule has 0 unspecified atom stereocenters. The van der Waals surface area contributed by atoms with Crippen LogP contribution in [0.5, 0.6) is 0 Å². The van der Waals surface area contributed by atoms with Crippen molar-refractivity contribution in [2.24, 2.45) is 0 Å². The summed E-state index contributed by atoms with van der Waals surface area (Å²) in [6.07, 6.45) is 1.35. The third kappa shape index (κ3) is 5.30. The van der Waals surface area contributed by atoms with Crippen LogP contribution in [-0.2, 0) is 21.5 Å². The molecule has 1 aliphatic rings. The molecule has 6 nitrogen and oxygen atoms in total. The van der Waals surface area contributed by atoms with E-state index in [-0.39, 0.29) is 11.3 Å². The van der Waals surface area contributed by atoms with E-state index in [1.54, 1.807) is 0 Å². The Morgan fingerprint density at radius 2 is 2.04 bits per heavy atom. The Balaban J connectivity index is 1.49. The van der Waals surface area contributed by atoms with Gasteiger partial charge in [0.15, 0.2) is 5.58 Å². The van der Waals surface area contributed by atoms with Crippen LogP contribution in [-0.4, -0.2) is 48.1 Å². The van der Waals surface area contributed by atoms with E-state index in [1.807, 2.05) is 6.07 Å². The summed E-state index contributed by atoms with van der Waals surface area (Å²) in [5.74, 6) is 0.582. The van der Waals surface area contributed by atoms with Crippen LogP contribution in [0.2, 0.25) is 0 Å². The first-order valence-corrected chi connectivity index (χ1v) is 9.81. The zero-order chi connectivity index (χ0) is 19.4. The molecule has 0 spiro atoms. The summed E-state index contributed by atoms with van der Waals surface area (Å²) in [6, 6.07) is 6.48. The summed E-state index contributed by atoms with van der Waals surface area (Å²) in [7, 11) is 0. The van der Waals surface area contributed by atoms with E-state index in [2.05, 4.69) is 55.0 Å². The lowest BCUT2D eigenvalue weighted by molar-refractivity contribution is -0.121. The molecule has 0 bridgehead atoms. The molecule has 27 heavy (non-hydrogen) atoms. The SMILES string of the molecule is C[C@H](CCC(=O)NCc1nc2cc(C(C)(C)C)ccc2o1)N1CCOCC1. The Morgan fingerprint density at radius 1 is 1.30 bits per heavy atom. The van der Waals surface area contributed by atoms with Gasteiger partial charge in [-0.05, 0) is 36.5 Å². The highest BCUT2D eigenvalue weighted by Gasteiger charge is 2.18. The van der Waals surface area contributed by atoms with Crippen molar-refractivity contribution in [3.8, 4) is 0 Å². The molecule has 148 valence electrons. The van der Waals surface area contributed by atoms with E-state index in [0.717, 1.165) is 43.8 Å². The molecular weight excluding hydrogens is 342 g/mol. The Morgan fingerprint density at radius 3 is 2.74 bits per heavy atom. The van der Waals surface area contributed by atoms with Gasteiger partial charge in [0, 0.05) is 25.6 Å². The Kier molecular flexibility index (Phi) is 6.17. The molecule has 0 radical (unpaired) electrons. The smallest absolute Gasteiger partial charge is 0.220 e. The minimum atomic E-state index is 0.0350. The van der Waals surface area contributed by atoms with Crippen molar-refractivity contribution in [3.05, 3.63) is 29.7 Å². The number of nitrogens with one attached hydrogen (secondary N) is 1. The second kappa shape index (κ2) is 8.40. The third-order valence-electron chi connectivity index (χ3n) is 5.19. The number of nitrogens with zero attached hydrogens (tertiary/aromatic N) is 2. The number of aromatic nitrogens is 1. The highest BCUT2D eigenvalue weighted by atomic mass is 16.5. The molecule has 0 aliphatic carbocycles. The molecule has 2 aromatic rings. The monoisotopic (exact) mass is 373 g/mol. The van der Waals surface area contributed by atoms with Crippen molar-refractivity contribution in [3.63, 3.8) is 0 Å². The van der Waals surface area contributed by atoms with Gasteiger partial charge >= 0.3 is 0 Å². The van der Waals surface area contributed by atoms with Crippen LogP contribution in [0.25, 0.3) is 11.1 Å². The van der Waals surface area contributed by atoms with E-state index in [9.17, 15) is 4.79 Å². The van der Waals surface area contributed by atoms with Crippen molar-refractivity contribution < 1.29 is 13.9 Å². The maximum absolute atomic E-state index is 12.2. The van der Waals surface area contributed by atoms with Gasteiger partial charge in [-0.3, -0.25) is 9.69 Å². The minimum absolute atomic E-state index is 0.0350. The van der Waals surface area contributed by atoms with Gasteiger partial charge in [0.1, 0.15) is 5.52 Å². The molecule has 1 atom stereocenters. The van der Waals surface area contributed by atoms with Crippen molar-refractivity contribution >= 4 is 17.0 Å². The zero-order valence-electron chi connectivity index (χ0n) is 16.9. The summed E-state index contributed by atoms with van der Waals surface area (Å²) in [5, 5.41) is 2.92. The van der Waals surface area contributed by atoms with Gasteiger partial charge in [-0.2, -0.15) is 0 Å².